The summed E-state index contributed by atoms with van der Waals surface area (Å²) in [5.74, 6) is -0.785. The molecule has 1 aromatic rings. The summed E-state index contributed by atoms with van der Waals surface area (Å²) in [6, 6.07) is 5.24. The van der Waals surface area contributed by atoms with Crippen molar-refractivity contribution in [3.05, 3.63) is 29.3 Å². The molecule has 1 heterocycles. The first-order valence-corrected chi connectivity index (χ1v) is 6.80. The van der Waals surface area contributed by atoms with Crippen LogP contribution in [0.4, 0.5) is 5.69 Å². The Morgan fingerprint density at radius 1 is 1.35 bits per heavy atom. The standard InChI is InChI=1S/C15H20N2O3/c1-16(2)14(18)7-9-17-8-3-4-11-10-12(15(19)20)5-6-13(11)17/h5-6,10H,3-4,7-9H2,1-2H3,(H,19,20). The monoisotopic (exact) mass is 276 g/mol. The van der Waals surface area contributed by atoms with Crippen molar-refractivity contribution in [2.24, 2.45) is 0 Å². The number of hydrogen-bond acceptors (Lipinski definition) is 3. The maximum atomic E-state index is 11.7. The number of benzene rings is 1. The van der Waals surface area contributed by atoms with Crippen LogP contribution in [0, 0.1) is 0 Å². The third-order valence-corrected chi connectivity index (χ3v) is 3.64. The Kier molecular flexibility index (Phi) is 4.27. The summed E-state index contributed by atoms with van der Waals surface area (Å²) in [6.45, 7) is 1.59. The van der Waals surface area contributed by atoms with Crippen LogP contribution in [0.3, 0.4) is 0 Å². The number of anilines is 1. The van der Waals surface area contributed by atoms with Crippen LogP contribution >= 0.6 is 0 Å². The van der Waals surface area contributed by atoms with Crippen LogP contribution in [0.25, 0.3) is 0 Å². The van der Waals surface area contributed by atoms with E-state index in [1.807, 2.05) is 6.07 Å². The first-order chi connectivity index (χ1) is 9.49. The quantitative estimate of drug-likeness (QED) is 0.907. The van der Waals surface area contributed by atoms with Gasteiger partial charge in [-0.2, -0.15) is 0 Å². The average Bonchev–Trinajstić information content (AvgIpc) is 2.43. The molecule has 0 spiro atoms. The fourth-order valence-corrected chi connectivity index (χ4v) is 2.49. The zero-order chi connectivity index (χ0) is 14.7. The van der Waals surface area contributed by atoms with Gasteiger partial charge in [-0.1, -0.05) is 0 Å². The highest BCUT2D eigenvalue weighted by molar-refractivity contribution is 5.88. The van der Waals surface area contributed by atoms with E-state index in [0.717, 1.165) is 30.6 Å². The van der Waals surface area contributed by atoms with Crippen LogP contribution in [0.1, 0.15) is 28.8 Å². The number of carboxylic acid groups (broad SMARTS) is 1. The van der Waals surface area contributed by atoms with E-state index in [0.29, 0.717) is 18.5 Å². The summed E-state index contributed by atoms with van der Waals surface area (Å²) >= 11 is 0. The highest BCUT2D eigenvalue weighted by atomic mass is 16.4. The number of aryl methyl sites for hydroxylation is 1. The molecule has 20 heavy (non-hydrogen) atoms. The molecule has 0 fully saturated rings. The number of rotatable bonds is 4. The molecule has 0 saturated carbocycles. The molecule has 2 rings (SSSR count). The Morgan fingerprint density at radius 2 is 2.10 bits per heavy atom. The molecular weight excluding hydrogens is 256 g/mol. The maximum Gasteiger partial charge on any atom is 0.335 e. The van der Waals surface area contributed by atoms with E-state index >= 15 is 0 Å². The van der Waals surface area contributed by atoms with Gasteiger partial charge in [0.2, 0.25) is 5.91 Å². The van der Waals surface area contributed by atoms with E-state index in [9.17, 15) is 9.59 Å². The fraction of sp³-hybridized carbons (Fsp3) is 0.467. The summed E-state index contributed by atoms with van der Waals surface area (Å²) < 4.78 is 0. The van der Waals surface area contributed by atoms with Crippen LogP contribution in [0.2, 0.25) is 0 Å². The third-order valence-electron chi connectivity index (χ3n) is 3.64. The molecule has 108 valence electrons. The van der Waals surface area contributed by atoms with Gasteiger partial charge in [-0.25, -0.2) is 4.79 Å². The van der Waals surface area contributed by atoms with Gasteiger partial charge in [0.15, 0.2) is 0 Å². The molecule has 1 amide bonds. The molecule has 1 N–H and O–H groups in total. The number of hydrogen-bond donors (Lipinski definition) is 1. The van der Waals surface area contributed by atoms with Crippen molar-refractivity contribution >= 4 is 17.6 Å². The summed E-state index contributed by atoms with van der Waals surface area (Å²) in [4.78, 5) is 26.4. The van der Waals surface area contributed by atoms with Gasteiger partial charge < -0.3 is 14.9 Å². The second-order valence-corrected chi connectivity index (χ2v) is 5.28. The lowest BCUT2D eigenvalue weighted by molar-refractivity contribution is -0.128. The molecule has 0 bridgehead atoms. The van der Waals surface area contributed by atoms with Gasteiger partial charge in [0.05, 0.1) is 5.56 Å². The minimum atomic E-state index is -0.896. The molecule has 0 saturated heterocycles. The van der Waals surface area contributed by atoms with Crippen LogP contribution < -0.4 is 4.90 Å². The summed E-state index contributed by atoms with van der Waals surface area (Å²) in [5, 5.41) is 9.03. The van der Waals surface area contributed by atoms with Crippen molar-refractivity contribution in [2.75, 3.05) is 32.1 Å². The van der Waals surface area contributed by atoms with Gasteiger partial charge in [-0.15, -0.1) is 0 Å². The SMILES string of the molecule is CN(C)C(=O)CCN1CCCc2cc(C(=O)O)ccc21. The number of fused-ring (bicyclic) bond motifs is 1. The minimum Gasteiger partial charge on any atom is -0.478 e. The van der Waals surface area contributed by atoms with Crippen LogP contribution in [-0.2, 0) is 11.2 Å². The first-order valence-electron chi connectivity index (χ1n) is 6.80. The normalized spacial score (nSPS) is 13.8. The first kappa shape index (κ1) is 14.4. The van der Waals surface area contributed by atoms with Crippen molar-refractivity contribution in [3.8, 4) is 0 Å². The molecule has 0 radical (unpaired) electrons. The Morgan fingerprint density at radius 3 is 2.75 bits per heavy atom. The maximum absolute atomic E-state index is 11.7. The molecule has 1 aliphatic rings. The fourth-order valence-electron chi connectivity index (χ4n) is 2.49. The Hall–Kier alpha value is -2.04. The van der Waals surface area contributed by atoms with Gasteiger partial charge >= 0.3 is 5.97 Å². The minimum absolute atomic E-state index is 0.110. The number of carbonyl (C=O) groups is 2. The highest BCUT2D eigenvalue weighted by Crippen LogP contribution is 2.28. The molecule has 0 atom stereocenters. The van der Waals surface area contributed by atoms with Gasteiger partial charge in [-0.05, 0) is 36.6 Å². The number of amides is 1. The molecule has 1 aromatic carbocycles. The number of carboxylic acids is 1. The number of carbonyl (C=O) groups excluding carboxylic acids is 1. The van der Waals surface area contributed by atoms with E-state index in [4.69, 9.17) is 5.11 Å². The summed E-state index contributed by atoms with van der Waals surface area (Å²) in [7, 11) is 3.51. The van der Waals surface area contributed by atoms with E-state index in [1.165, 1.54) is 0 Å². The predicted octanol–water partition coefficient (Wildman–Crippen LogP) is 1.62. The third kappa shape index (κ3) is 3.10. The van der Waals surface area contributed by atoms with Crippen LogP contribution in [-0.4, -0.2) is 49.1 Å². The molecule has 0 unspecified atom stereocenters. The van der Waals surface area contributed by atoms with Gasteiger partial charge in [0.25, 0.3) is 0 Å². The van der Waals surface area contributed by atoms with Gasteiger partial charge in [0, 0.05) is 39.3 Å². The topological polar surface area (TPSA) is 60.9 Å². The zero-order valence-electron chi connectivity index (χ0n) is 11.9. The highest BCUT2D eigenvalue weighted by Gasteiger charge is 2.19. The zero-order valence-corrected chi connectivity index (χ0v) is 11.9. The number of nitrogens with zero attached hydrogens (tertiary/aromatic N) is 2. The predicted molar refractivity (Wildman–Crippen MR) is 77.2 cm³/mol. The second-order valence-electron chi connectivity index (χ2n) is 5.28. The smallest absolute Gasteiger partial charge is 0.335 e. The van der Waals surface area contributed by atoms with E-state index in [1.54, 1.807) is 31.1 Å². The molecule has 0 aliphatic carbocycles. The average molecular weight is 276 g/mol. The van der Waals surface area contributed by atoms with E-state index in [2.05, 4.69) is 4.90 Å². The summed E-state index contributed by atoms with van der Waals surface area (Å²) in [6.07, 6.45) is 2.37. The Balaban J connectivity index is 2.12. The van der Waals surface area contributed by atoms with Gasteiger partial charge in [0.1, 0.15) is 0 Å². The Labute approximate surface area is 118 Å². The second kappa shape index (κ2) is 5.94. The summed E-state index contributed by atoms with van der Waals surface area (Å²) in [5.41, 5.74) is 2.45. The molecule has 5 heteroatoms. The van der Waals surface area contributed by atoms with E-state index in [-0.39, 0.29) is 5.91 Å². The van der Waals surface area contributed by atoms with Crippen LogP contribution in [0.15, 0.2) is 18.2 Å². The van der Waals surface area contributed by atoms with Crippen molar-refractivity contribution in [3.63, 3.8) is 0 Å². The van der Waals surface area contributed by atoms with Crippen molar-refractivity contribution in [1.82, 2.24) is 4.90 Å². The molecular formula is C15H20N2O3. The largest absolute Gasteiger partial charge is 0.478 e. The van der Waals surface area contributed by atoms with Crippen LogP contribution in [0.5, 0.6) is 0 Å². The van der Waals surface area contributed by atoms with E-state index < -0.39 is 5.97 Å². The van der Waals surface area contributed by atoms with Crippen molar-refractivity contribution < 1.29 is 14.7 Å². The lowest BCUT2D eigenvalue weighted by Gasteiger charge is -2.31. The van der Waals surface area contributed by atoms with Gasteiger partial charge in [-0.3, -0.25) is 4.79 Å². The van der Waals surface area contributed by atoms with Crippen molar-refractivity contribution in [1.29, 1.82) is 0 Å². The van der Waals surface area contributed by atoms with Crippen molar-refractivity contribution in [2.45, 2.75) is 19.3 Å². The number of aromatic carboxylic acids is 1. The lowest BCUT2D eigenvalue weighted by atomic mass is 9.99. The Bertz CT molecular complexity index is 526. The molecule has 1 aliphatic heterocycles. The molecule has 0 aromatic heterocycles. The molecule has 5 nitrogen and oxygen atoms in total. The lowest BCUT2D eigenvalue weighted by Crippen LogP contribution is -2.33.